The van der Waals surface area contributed by atoms with Crippen LogP contribution < -0.4 is 0 Å². The summed E-state index contributed by atoms with van der Waals surface area (Å²) in [5.41, 5.74) is 1.54. The highest BCUT2D eigenvalue weighted by atomic mass is 16.6. The van der Waals surface area contributed by atoms with Crippen LogP contribution in [0.4, 0.5) is 0 Å². The Labute approximate surface area is 204 Å². The number of hydrogen-bond acceptors (Lipinski definition) is 5. The van der Waals surface area contributed by atoms with Gasteiger partial charge in [-0.1, -0.05) is 32.9 Å². The summed E-state index contributed by atoms with van der Waals surface area (Å²) in [6.45, 7) is 11.1. The highest BCUT2D eigenvalue weighted by Crippen LogP contribution is 2.66. The van der Waals surface area contributed by atoms with Crippen molar-refractivity contribution in [1.29, 1.82) is 0 Å². The van der Waals surface area contributed by atoms with Crippen LogP contribution in [0, 0.1) is 46.3 Å². The molecule has 5 nitrogen and oxygen atoms in total. The largest absolute Gasteiger partial charge is 0.465 e. The van der Waals surface area contributed by atoms with Gasteiger partial charge in [0.15, 0.2) is 11.7 Å². The van der Waals surface area contributed by atoms with Crippen LogP contribution >= 0.6 is 0 Å². The van der Waals surface area contributed by atoms with Gasteiger partial charge in [0, 0.05) is 6.42 Å². The van der Waals surface area contributed by atoms with E-state index < -0.39 is 17.9 Å². The summed E-state index contributed by atoms with van der Waals surface area (Å²) in [4.78, 5) is 37.2. The molecule has 0 saturated heterocycles. The van der Waals surface area contributed by atoms with E-state index in [0.29, 0.717) is 36.5 Å². The van der Waals surface area contributed by atoms with Gasteiger partial charge in [0.1, 0.15) is 0 Å². The fraction of sp³-hybridized carbons (Fsp3) is 0.759. The molecule has 0 amide bonds. The van der Waals surface area contributed by atoms with E-state index in [1.807, 2.05) is 6.08 Å². The average molecular weight is 471 g/mol. The van der Waals surface area contributed by atoms with Crippen LogP contribution in [0.3, 0.4) is 0 Å². The molecule has 188 valence electrons. The van der Waals surface area contributed by atoms with E-state index >= 15 is 0 Å². The van der Waals surface area contributed by atoms with Crippen molar-refractivity contribution >= 4 is 17.7 Å². The first-order valence-corrected chi connectivity index (χ1v) is 13.4. The smallest absolute Gasteiger partial charge is 0.320 e. The number of fused-ring (bicyclic) bond motifs is 5. The van der Waals surface area contributed by atoms with Crippen molar-refractivity contribution in [3.63, 3.8) is 0 Å². The quantitative estimate of drug-likeness (QED) is 0.354. The van der Waals surface area contributed by atoms with Crippen LogP contribution in [0.2, 0.25) is 0 Å². The summed E-state index contributed by atoms with van der Waals surface area (Å²) in [7, 11) is 0. The number of ether oxygens (including phenoxy) is 2. The lowest BCUT2D eigenvalue weighted by Gasteiger charge is -2.56. The Morgan fingerprint density at radius 3 is 2.35 bits per heavy atom. The number of carbonyl (C=O) groups is 3. The predicted molar refractivity (Wildman–Crippen MR) is 131 cm³/mol. The van der Waals surface area contributed by atoms with Gasteiger partial charge in [-0.2, -0.15) is 0 Å². The molecule has 0 heterocycles. The van der Waals surface area contributed by atoms with Crippen LogP contribution in [0.1, 0.15) is 79.6 Å². The molecule has 0 aromatic carbocycles. The maximum absolute atomic E-state index is 12.6. The van der Waals surface area contributed by atoms with Crippen molar-refractivity contribution in [2.24, 2.45) is 46.3 Å². The Hall–Kier alpha value is -1.91. The molecule has 0 radical (unpaired) electrons. The van der Waals surface area contributed by atoms with Gasteiger partial charge in [-0.3, -0.25) is 14.4 Å². The highest BCUT2D eigenvalue weighted by Gasteiger charge is 2.58. The van der Waals surface area contributed by atoms with Gasteiger partial charge in [0.25, 0.3) is 0 Å². The zero-order chi connectivity index (χ0) is 24.7. The maximum atomic E-state index is 12.6. The Morgan fingerprint density at radius 2 is 1.71 bits per heavy atom. The first-order valence-electron chi connectivity index (χ1n) is 13.4. The topological polar surface area (TPSA) is 69.7 Å². The molecule has 0 aromatic heterocycles. The lowest BCUT2D eigenvalue weighted by atomic mass is 9.48. The van der Waals surface area contributed by atoms with E-state index in [1.54, 1.807) is 13.8 Å². The molecule has 34 heavy (non-hydrogen) atoms. The summed E-state index contributed by atoms with van der Waals surface area (Å²) in [5.74, 6) is 0.962. The molecule has 4 aliphatic carbocycles. The van der Waals surface area contributed by atoms with Crippen molar-refractivity contribution < 1.29 is 23.9 Å². The van der Waals surface area contributed by atoms with Crippen molar-refractivity contribution in [3.8, 4) is 0 Å². The lowest BCUT2D eigenvalue weighted by molar-refractivity contribution is -0.163. The van der Waals surface area contributed by atoms with Gasteiger partial charge in [-0.05, 0) is 104 Å². The molecule has 0 spiro atoms. The standard InChI is InChI=1S/C29H42O5/c1-6-33-26(31)22(27(32)34-7-2)16-18(3)23-10-11-24-21-9-8-19-17-20(30)12-14-28(19,4)25(21)13-15-29(23,24)5/h8-9,17-18,21-25H,6-7,10-16H2,1-5H3/t18-,21?,23?,24?,25?,28+,29?/m1/s1. The van der Waals surface area contributed by atoms with E-state index in [1.165, 1.54) is 24.8 Å². The maximum Gasteiger partial charge on any atom is 0.320 e. The summed E-state index contributed by atoms with van der Waals surface area (Å²) < 4.78 is 10.5. The Morgan fingerprint density at radius 1 is 1.03 bits per heavy atom. The minimum Gasteiger partial charge on any atom is -0.465 e. The van der Waals surface area contributed by atoms with Crippen LogP contribution in [0.15, 0.2) is 23.8 Å². The Balaban J connectivity index is 1.54. The fourth-order valence-corrected chi connectivity index (χ4v) is 8.28. The van der Waals surface area contributed by atoms with Crippen molar-refractivity contribution in [3.05, 3.63) is 23.8 Å². The molecule has 0 N–H and O–H groups in total. The van der Waals surface area contributed by atoms with Crippen LogP contribution in [-0.4, -0.2) is 30.9 Å². The third-order valence-electron chi connectivity index (χ3n) is 10.0. The molecule has 2 saturated carbocycles. The SMILES string of the molecule is CCOC(=O)C(C[C@@H](C)C1CCC2C3C=CC4=CC(=O)CC[C@]4(C)C3CCC21C)C(=O)OCC. The molecular weight excluding hydrogens is 428 g/mol. The predicted octanol–water partition coefficient (Wildman–Crippen LogP) is 5.68. The van der Waals surface area contributed by atoms with Gasteiger partial charge in [0.05, 0.1) is 13.2 Å². The second-order valence-electron chi connectivity index (χ2n) is 11.6. The second-order valence-corrected chi connectivity index (χ2v) is 11.6. The highest BCUT2D eigenvalue weighted by molar-refractivity contribution is 5.95. The minimum absolute atomic E-state index is 0.108. The molecule has 0 aliphatic heterocycles. The van der Waals surface area contributed by atoms with Gasteiger partial charge in [0.2, 0.25) is 0 Å². The van der Waals surface area contributed by atoms with Crippen LogP contribution in [0.25, 0.3) is 0 Å². The molecule has 4 aliphatic rings. The van der Waals surface area contributed by atoms with Gasteiger partial charge < -0.3 is 9.47 Å². The molecular formula is C29H42O5. The van der Waals surface area contributed by atoms with E-state index in [9.17, 15) is 14.4 Å². The second kappa shape index (κ2) is 9.62. The van der Waals surface area contributed by atoms with Crippen molar-refractivity contribution in [2.75, 3.05) is 13.2 Å². The number of carbonyl (C=O) groups excluding carboxylic acids is 3. The first kappa shape index (κ1) is 25.2. The zero-order valence-electron chi connectivity index (χ0n) is 21.6. The van der Waals surface area contributed by atoms with E-state index in [0.717, 1.165) is 12.8 Å². The third kappa shape index (κ3) is 4.18. The summed E-state index contributed by atoms with van der Waals surface area (Å²) in [5, 5.41) is 0. The monoisotopic (exact) mass is 470 g/mol. The van der Waals surface area contributed by atoms with Crippen molar-refractivity contribution in [1.82, 2.24) is 0 Å². The van der Waals surface area contributed by atoms with Crippen LogP contribution in [0.5, 0.6) is 0 Å². The molecule has 0 bridgehead atoms. The average Bonchev–Trinajstić information content (AvgIpc) is 3.15. The van der Waals surface area contributed by atoms with Gasteiger partial charge in [-0.15, -0.1) is 0 Å². The molecule has 4 rings (SSSR count). The van der Waals surface area contributed by atoms with Gasteiger partial charge in [-0.25, -0.2) is 0 Å². The number of hydrogen-bond donors (Lipinski definition) is 0. The number of rotatable bonds is 7. The van der Waals surface area contributed by atoms with Crippen molar-refractivity contribution in [2.45, 2.75) is 79.6 Å². The fourth-order valence-electron chi connectivity index (χ4n) is 8.28. The zero-order valence-corrected chi connectivity index (χ0v) is 21.6. The molecule has 2 fully saturated rings. The Bertz CT molecular complexity index is 869. The van der Waals surface area contributed by atoms with Gasteiger partial charge >= 0.3 is 11.9 Å². The number of ketones is 1. The minimum atomic E-state index is -0.838. The number of allylic oxidation sites excluding steroid dienone is 4. The molecule has 7 atom stereocenters. The van der Waals surface area contributed by atoms with Crippen LogP contribution in [-0.2, 0) is 23.9 Å². The Kier molecular flexibility index (Phi) is 7.13. The first-order chi connectivity index (χ1) is 16.2. The number of esters is 2. The molecule has 5 unspecified atom stereocenters. The lowest BCUT2D eigenvalue weighted by Crippen LogP contribution is -2.49. The molecule has 0 aromatic rings. The molecule has 5 heteroatoms. The summed E-state index contributed by atoms with van der Waals surface area (Å²) in [6, 6.07) is 0. The summed E-state index contributed by atoms with van der Waals surface area (Å²) in [6.07, 6.45) is 13.3. The normalized spacial score (nSPS) is 37.4. The van der Waals surface area contributed by atoms with E-state index in [2.05, 4.69) is 32.9 Å². The third-order valence-corrected chi connectivity index (χ3v) is 10.0. The van der Waals surface area contributed by atoms with E-state index in [4.69, 9.17) is 9.47 Å². The summed E-state index contributed by atoms with van der Waals surface area (Å²) >= 11 is 0. The van der Waals surface area contributed by atoms with E-state index in [-0.39, 0.29) is 35.7 Å².